The van der Waals surface area contributed by atoms with Gasteiger partial charge in [-0.3, -0.25) is 4.79 Å². The second-order valence-corrected chi connectivity index (χ2v) is 6.45. The van der Waals surface area contributed by atoms with Crippen molar-refractivity contribution in [3.63, 3.8) is 0 Å². The third-order valence-electron chi connectivity index (χ3n) is 3.69. The Morgan fingerprint density at radius 1 is 1.08 bits per heavy atom. The number of aryl methyl sites for hydroxylation is 1. The molecule has 0 atom stereocenters. The van der Waals surface area contributed by atoms with Gasteiger partial charge in [-0.05, 0) is 36.2 Å². The number of rotatable bonds is 5. The fourth-order valence-electron chi connectivity index (χ4n) is 2.29. The highest BCUT2D eigenvalue weighted by atomic mass is 79.9. The lowest BCUT2D eigenvalue weighted by atomic mass is 10.1. The van der Waals surface area contributed by atoms with E-state index in [4.69, 9.17) is 0 Å². The van der Waals surface area contributed by atoms with Crippen molar-refractivity contribution in [1.82, 2.24) is 9.97 Å². The highest BCUT2D eigenvalue weighted by Crippen LogP contribution is 2.16. The highest BCUT2D eigenvalue weighted by Gasteiger charge is 2.09. The van der Waals surface area contributed by atoms with E-state index < -0.39 is 0 Å². The summed E-state index contributed by atoms with van der Waals surface area (Å²) < 4.78 is 0.895. The SMILES string of the molecule is Cc1ccccc1CNc1cnc(C(=O)Nc2cccc(Br)c2)cn1. The van der Waals surface area contributed by atoms with Crippen molar-refractivity contribution in [2.45, 2.75) is 13.5 Å². The van der Waals surface area contributed by atoms with Gasteiger partial charge in [0.25, 0.3) is 5.91 Å². The van der Waals surface area contributed by atoms with Crippen LogP contribution in [0.1, 0.15) is 21.6 Å². The van der Waals surface area contributed by atoms with Gasteiger partial charge in [0, 0.05) is 16.7 Å². The van der Waals surface area contributed by atoms with Crippen LogP contribution in [0.15, 0.2) is 65.4 Å². The number of amides is 1. The Kier molecular flexibility index (Phi) is 5.40. The van der Waals surface area contributed by atoms with Gasteiger partial charge in [-0.2, -0.15) is 0 Å². The average Bonchev–Trinajstić information content (AvgIpc) is 2.61. The molecular weight excluding hydrogens is 380 g/mol. The molecule has 0 spiro atoms. The number of carbonyl (C=O) groups is 1. The molecule has 3 aromatic rings. The summed E-state index contributed by atoms with van der Waals surface area (Å²) in [6.07, 6.45) is 3.03. The van der Waals surface area contributed by atoms with Crippen molar-refractivity contribution >= 4 is 33.3 Å². The third kappa shape index (κ3) is 4.64. The maximum absolute atomic E-state index is 12.2. The molecule has 0 aliphatic heterocycles. The summed E-state index contributed by atoms with van der Waals surface area (Å²) in [6, 6.07) is 15.5. The first-order chi connectivity index (χ1) is 12.1. The van der Waals surface area contributed by atoms with Gasteiger partial charge in [-0.25, -0.2) is 9.97 Å². The summed E-state index contributed by atoms with van der Waals surface area (Å²) in [5.41, 5.74) is 3.37. The maximum Gasteiger partial charge on any atom is 0.275 e. The molecule has 25 heavy (non-hydrogen) atoms. The Hall–Kier alpha value is -2.73. The zero-order chi connectivity index (χ0) is 17.6. The van der Waals surface area contributed by atoms with Crippen LogP contribution < -0.4 is 10.6 Å². The van der Waals surface area contributed by atoms with Crippen molar-refractivity contribution in [3.05, 3.63) is 82.2 Å². The van der Waals surface area contributed by atoms with Crippen molar-refractivity contribution < 1.29 is 4.79 Å². The number of nitrogens with zero attached hydrogens (tertiary/aromatic N) is 2. The number of carbonyl (C=O) groups excluding carboxylic acids is 1. The van der Waals surface area contributed by atoms with E-state index in [1.165, 1.54) is 17.3 Å². The van der Waals surface area contributed by atoms with Gasteiger partial charge in [0.15, 0.2) is 0 Å². The molecule has 0 fully saturated rings. The zero-order valence-electron chi connectivity index (χ0n) is 13.7. The predicted molar refractivity (Wildman–Crippen MR) is 103 cm³/mol. The van der Waals surface area contributed by atoms with Gasteiger partial charge in [0.1, 0.15) is 11.5 Å². The summed E-state index contributed by atoms with van der Waals surface area (Å²) in [7, 11) is 0. The first kappa shape index (κ1) is 17.1. The second-order valence-electron chi connectivity index (χ2n) is 5.53. The molecular formula is C19H17BrN4O. The van der Waals surface area contributed by atoms with Crippen LogP contribution in [0.5, 0.6) is 0 Å². The van der Waals surface area contributed by atoms with E-state index in [1.807, 2.05) is 36.4 Å². The lowest BCUT2D eigenvalue weighted by Crippen LogP contribution is -2.14. The molecule has 1 aromatic heterocycles. The molecule has 5 nitrogen and oxygen atoms in total. The van der Waals surface area contributed by atoms with E-state index in [1.54, 1.807) is 6.20 Å². The molecule has 0 saturated heterocycles. The summed E-state index contributed by atoms with van der Waals surface area (Å²) in [6.45, 7) is 2.73. The van der Waals surface area contributed by atoms with Crippen LogP contribution in [-0.2, 0) is 6.54 Å². The van der Waals surface area contributed by atoms with Crippen LogP contribution in [0.4, 0.5) is 11.5 Å². The number of hydrogen-bond donors (Lipinski definition) is 2. The van der Waals surface area contributed by atoms with E-state index in [9.17, 15) is 4.79 Å². The normalized spacial score (nSPS) is 10.3. The minimum atomic E-state index is -0.295. The number of nitrogens with one attached hydrogen (secondary N) is 2. The minimum Gasteiger partial charge on any atom is -0.365 e. The molecule has 3 rings (SSSR count). The Morgan fingerprint density at radius 2 is 1.92 bits per heavy atom. The molecule has 0 saturated carbocycles. The quantitative estimate of drug-likeness (QED) is 0.669. The molecule has 2 aromatic carbocycles. The predicted octanol–water partition coefficient (Wildman–Crippen LogP) is 4.41. The van der Waals surface area contributed by atoms with Crippen LogP contribution in [0.25, 0.3) is 0 Å². The van der Waals surface area contributed by atoms with Gasteiger partial charge in [-0.15, -0.1) is 0 Å². The number of aromatic nitrogens is 2. The van der Waals surface area contributed by atoms with E-state index >= 15 is 0 Å². The van der Waals surface area contributed by atoms with Gasteiger partial charge in [0.2, 0.25) is 0 Å². The first-order valence-corrected chi connectivity index (χ1v) is 8.58. The van der Waals surface area contributed by atoms with Crippen LogP contribution in [-0.4, -0.2) is 15.9 Å². The number of hydrogen-bond acceptors (Lipinski definition) is 4. The van der Waals surface area contributed by atoms with Crippen LogP contribution >= 0.6 is 15.9 Å². The van der Waals surface area contributed by atoms with E-state index in [0.717, 1.165) is 4.47 Å². The lowest BCUT2D eigenvalue weighted by molar-refractivity contribution is 0.102. The summed E-state index contributed by atoms with van der Waals surface area (Å²) in [4.78, 5) is 20.7. The zero-order valence-corrected chi connectivity index (χ0v) is 15.2. The molecule has 1 heterocycles. The van der Waals surface area contributed by atoms with Gasteiger partial charge < -0.3 is 10.6 Å². The lowest BCUT2D eigenvalue weighted by Gasteiger charge is -2.09. The standard InChI is InChI=1S/C19H17BrN4O/c1-13-5-2-3-6-14(13)10-22-18-12-21-17(11-23-18)19(25)24-16-8-4-7-15(20)9-16/h2-9,11-12H,10H2,1H3,(H,22,23)(H,24,25). The Morgan fingerprint density at radius 3 is 2.64 bits per heavy atom. The van der Waals surface area contributed by atoms with Crippen molar-refractivity contribution in [3.8, 4) is 0 Å². The molecule has 1 amide bonds. The Labute approximate surface area is 154 Å². The number of anilines is 2. The van der Waals surface area contributed by atoms with Crippen molar-refractivity contribution in [1.29, 1.82) is 0 Å². The maximum atomic E-state index is 12.2. The van der Waals surface area contributed by atoms with Gasteiger partial charge >= 0.3 is 0 Å². The topological polar surface area (TPSA) is 66.9 Å². The van der Waals surface area contributed by atoms with E-state index in [-0.39, 0.29) is 11.6 Å². The number of benzene rings is 2. The van der Waals surface area contributed by atoms with Crippen LogP contribution in [0.2, 0.25) is 0 Å². The molecule has 2 N–H and O–H groups in total. The molecule has 0 aliphatic carbocycles. The van der Waals surface area contributed by atoms with Crippen LogP contribution in [0, 0.1) is 6.92 Å². The molecule has 6 heteroatoms. The Balaban J connectivity index is 1.61. The fourth-order valence-corrected chi connectivity index (χ4v) is 2.69. The smallest absolute Gasteiger partial charge is 0.275 e. The summed E-state index contributed by atoms with van der Waals surface area (Å²) in [5.74, 6) is 0.332. The summed E-state index contributed by atoms with van der Waals surface area (Å²) in [5, 5.41) is 6.01. The fraction of sp³-hybridized carbons (Fsp3) is 0.105. The third-order valence-corrected chi connectivity index (χ3v) is 4.18. The minimum absolute atomic E-state index is 0.265. The van der Waals surface area contributed by atoms with Gasteiger partial charge in [-0.1, -0.05) is 46.3 Å². The molecule has 126 valence electrons. The molecule has 0 bridgehead atoms. The first-order valence-electron chi connectivity index (χ1n) is 7.79. The molecule has 0 aliphatic rings. The van der Waals surface area contributed by atoms with Crippen molar-refractivity contribution in [2.75, 3.05) is 10.6 Å². The largest absolute Gasteiger partial charge is 0.365 e. The average molecular weight is 397 g/mol. The highest BCUT2D eigenvalue weighted by molar-refractivity contribution is 9.10. The number of halogens is 1. The van der Waals surface area contributed by atoms with Crippen LogP contribution in [0.3, 0.4) is 0 Å². The van der Waals surface area contributed by atoms with E-state index in [0.29, 0.717) is 18.1 Å². The summed E-state index contributed by atoms with van der Waals surface area (Å²) >= 11 is 3.37. The second kappa shape index (κ2) is 7.90. The van der Waals surface area contributed by atoms with E-state index in [2.05, 4.69) is 55.6 Å². The van der Waals surface area contributed by atoms with Crippen molar-refractivity contribution in [2.24, 2.45) is 0 Å². The monoisotopic (exact) mass is 396 g/mol. The molecule has 0 unspecified atom stereocenters. The van der Waals surface area contributed by atoms with Gasteiger partial charge in [0.05, 0.1) is 12.4 Å². The Bertz CT molecular complexity index is 881. The molecule has 0 radical (unpaired) electrons.